The van der Waals surface area contributed by atoms with Gasteiger partial charge in [0.1, 0.15) is 5.75 Å². The molecule has 3 rings (SSSR count). The Balaban J connectivity index is 1.55. The molecule has 1 aliphatic rings. The van der Waals surface area contributed by atoms with E-state index in [0.717, 1.165) is 30.4 Å². The molecule has 0 aliphatic heterocycles. The van der Waals surface area contributed by atoms with Gasteiger partial charge in [-0.25, -0.2) is 4.79 Å². The second kappa shape index (κ2) is 9.93. The van der Waals surface area contributed by atoms with Crippen LogP contribution in [0.1, 0.15) is 35.1 Å². The molecule has 0 spiro atoms. The first-order chi connectivity index (χ1) is 14.5. The van der Waals surface area contributed by atoms with Crippen LogP contribution in [-0.2, 0) is 27.2 Å². The van der Waals surface area contributed by atoms with E-state index in [0.29, 0.717) is 11.4 Å². The zero-order chi connectivity index (χ0) is 21.5. The molecule has 6 nitrogen and oxygen atoms in total. The van der Waals surface area contributed by atoms with Crippen molar-refractivity contribution < 1.29 is 19.1 Å². The van der Waals surface area contributed by atoms with Crippen molar-refractivity contribution in [2.24, 2.45) is 0 Å². The van der Waals surface area contributed by atoms with Gasteiger partial charge in [0.15, 0.2) is 13.2 Å². The van der Waals surface area contributed by atoms with E-state index in [1.807, 2.05) is 50.2 Å². The highest BCUT2D eigenvalue weighted by Crippen LogP contribution is 2.26. The molecule has 0 atom stereocenters. The average Bonchev–Trinajstić information content (AvgIpc) is 3.18. The molecule has 0 radical (unpaired) electrons. The zero-order valence-corrected chi connectivity index (χ0v) is 17.4. The maximum atomic E-state index is 12.7. The fourth-order valence-corrected chi connectivity index (χ4v) is 3.71. The standard InChI is InChI=1S/C24H26N2O4/c1-17-11-18(2)13-21(12-17)26(10-4-9-25)23(27)15-30-24(28)16-29-22-8-7-19-5-3-6-20(19)14-22/h7-8,11-14H,3-6,10,15-16H2,1-2H3. The minimum absolute atomic E-state index is 0.189. The van der Waals surface area contributed by atoms with E-state index >= 15 is 0 Å². The lowest BCUT2D eigenvalue weighted by Crippen LogP contribution is -2.36. The van der Waals surface area contributed by atoms with Gasteiger partial charge in [-0.05, 0) is 79.6 Å². The lowest BCUT2D eigenvalue weighted by Gasteiger charge is -2.22. The van der Waals surface area contributed by atoms with E-state index in [2.05, 4.69) is 6.07 Å². The predicted octanol–water partition coefficient (Wildman–Crippen LogP) is 3.66. The van der Waals surface area contributed by atoms with Crippen LogP contribution in [0.25, 0.3) is 0 Å². The summed E-state index contributed by atoms with van der Waals surface area (Å²) >= 11 is 0. The van der Waals surface area contributed by atoms with Gasteiger partial charge in [0.2, 0.25) is 0 Å². The third-order valence-electron chi connectivity index (χ3n) is 5.05. The van der Waals surface area contributed by atoms with Gasteiger partial charge in [-0.15, -0.1) is 0 Å². The van der Waals surface area contributed by atoms with Crippen molar-refractivity contribution in [3.8, 4) is 11.8 Å². The molecule has 0 saturated heterocycles. The number of aryl methyl sites for hydroxylation is 4. The fourth-order valence-electron chi connectivity index (χ4n) is 3.71. The topological polar surface area (TPSA) is 79.6 Å². The Morgan fingerprint density at radius 1 is 1.03 bits per heavy atom. The molecule has 0 heterocycles. The number of nitriles is 1. The van der Waals surface area contributed by atoms with E-state index in [-0.39, 0.29) is 25.5 Å². The molecular weight excluding hydrogens is 380 g/mol. The monoisotopic (exact) mass is 406 g/mol. The Morgan fingerprint density at radius 3 is 2.50 bits per heavy atom. The average molecular weight is 406 g/mol. The van der Waals surface area contributed by atoms with Crippen LogP contribution < -0.4 is 9.64 Å². The van der Waals surface area contributed by atoms with Crippen molar-refractivity contribution in [3.05, 3.63) is 58.7 Å². The molecule has 2 aromatic carbocycles. The summed E-state index contributed by atoms with van der Waals surface area (Å²) in [7, 11) is 0. The van der Waals surface area contributed by atoms with Crippen molar-refractivity contribution in [1.29, 1.82) is 5.26 Å². The summed E-state index contributed by atoms with van der Waals surface area (Å²) in [6, 6.07) is 13.7. The number of hydrogen-bond acceptors (Lipinski definition) is 5. The Bertz CT molecular complexity index is 957. The number of rotatable bonds is 8. The quantitative estimate of drug-likeness (QED) is 0.625. The lowest BCUT2D eigenvalue weighted by molar-refractivity contribution is -0.149. The number of amides is 1. The highest BCUT2D eigenvalue weighted by Gasteiger charge is 2.19. The molecule has 156 valence electrons. The molecule has 0 fully saturated rings. The zero-order valence-electron chi connectivity index (χ0n) is 17.4. The first-order valence-corrected chi connectivity index (χ1v) is 10.1. The van der Waals surface area contributed by atoms with Crippen LogP contribution in [0.4, 0.5) is 5.69 Å². The third-order valence-corrected chi connectivity index (χ3v) is 5.05. The van der Waals surface area contributed by atoms with Crippen molar-refractivity contribution in [2.45, 2.75) is 39.5 Å². The summed E-state index contributed by atoms with van der Waals surface area (Å²) in [5.74, 6) is -0.351. The van der Waals surface area contributed by atoms with Gasteiger partial charge in [0.25, 0.3) is 5.91 Å². The van der Waals surface area contributed by atoms with E-state index in [4.69, 9.17) is 14.7 Å². The van der Waals surface area contributed by atoms with Crippen molar-refractivity contribution in [2.75, 3.05) is 24.7 Å². The number of hydrogen-bond donors (Lipinski definition) is 0. The van der Waals surface area contributed by atoms with Gasteiger partial charge >= 0.3 is 5.97 Å². The van der Waals surface area contributed by atoms with Gasteiger partial charge in [0, 0.05) is 12.2 Å². The number of ether oxygens (including phenoxy) is 2. The normalized spacial score (nSPS) is 12.0. The number of nitrogens with zero attached hydrogens (tertiary/aromatic N) is 2. The first kappa shape index (κ1) is 21.4. The van der Waals surface area contributed by atoms with Gasteiger partial charge < -0.3 is 14.4 Å². The van der Waals surface area contributed by atoms with Crippen LogP contribution in [0.15, 0.2) is 36.4 Å². The summed E-state index contributed by atoms with van der Waals surface area (Å²) in [5.41, 5.74) is 5.31. The Morgan fingerprint density at radius 2 is 1.77 bits per heavy atom. The maximum Gasteiger partial charge on any atom is 0.344 e. The Kier molecular flexibility index (Phi) is 7.08. The van der Waals surface area contributed by atoms with Gasteiger partial charge in [0.05, 0.1) is 12.5 Å². The Hall–Kier alpha value is -3.33. The van der Waals surface area contributed by atoms with E-state index in [1.165, 1.54) is 16.0 Å². The largest absolute Gasteiger partial charge is 0.482 e. The predicted molar refractivity (Wildman–Crippen MR) is 113 cm³/mol. The number of fused-ring (bicyclic) bond motifs is 1. The fraction of sp³-hybridized carbons (Fsp3) is 0.375. The Labute approximate surface area is 177 Å². The summed E-state index contributed by atoms with van der Waals surface area (Å²) < 4.78 is 10.6. The van der Waals surface area contributed by atoms with Crippen LogP contribution in [0.3, 0.4) is 0 Å². The molecule has 0 saturated carbocycles. The molecular formula is C24H26N2O4. The molecule has 6 heteroatoms. The second-order valence-electron chi connectivity index (χ2n) is 7.53. The summed E-state index contributed by atoms with van der Waals surface area (Å²) in [4.78, 5) is 26.2. The minimum Gasteiger partial charge on any atom is -0.482 e. The smallest absolute Gasteiger partial charge is 0.344 e. The van der Waals surface area contributed by atoms with E-state index in [1.54, 1.807) is 0 Å². The molecule has 2 aromatic rings. The molecule has 0 aromatic heterocycles. The van der Waals surface area contributed by atoms with Crippen molar-refractivity contribution >= 4 is 17.6 Å². The molecule has 0 bridgehead atoms. The van der Waals surface area contributed by atoms with Crippen LogP contribution in [0, 0.1) is 25.2 Å². The van der Waals surface area contributed by atoms with Gasteiger partial charge in [-0.2, -0.15) is 5.26 Å². The number of anilines is 1. The van der Waals surface area contributed by atoms with Crippen molar-refractivity contribution in [3.63, 3.8) is 0 Å². The highest BCUT2D eigenvalue weighted by molar-refractivity contribution is 5.95. The van der Waals surface area contributed by atoms with Crippen LogP contribution in [0.5, 0.6) is 5.75 Å². The van der Waals surface area contributed by atoms with Crippen molar-refractivity contribution in [1.82, 2.24) is 0 Å². The maximum absolute atomic E-state index is 12.7. The molecule has 0 unspecified atom stereocenters. The minimum atomic E-state index is -0.607. The molecule has 0 N–H and O–H groups in total. The van der Waals surface area contributed by atoms with Crippen LogP contribution in [0.2, 0.25) is 0 Å². The summed E-state index contributed by atoms with van der Waals surface area (Å²) in [6.45, 7) is 3.47. The summed E-state index contributed by atoms with van der Waals surface area (Å²) in [6.07, 6.45) is 3.45. The third kappa shape index (κ3) is 5.60. The highest BCUT2D eigenvalue weighted by atomic mass is 16.6. The molecule has 1 amide bonds. The number of esters is 1. The van der Waals surface area contributed by atoms with Crippen LogP contribution >= 0.6 is 0 Å². The van der Waals surface area contributed by atoms with Gasteiger partial charge in [-0.1, -0.05) is 12.1 Å². The first-order valence-electron chi connectivity index (χ1n) is 10.1. The number of carbonyl (C=O) groups excluding carboxylic acids is 2. The summed E-state index contributed by atoms with van der Waals surface area (Å²) in [5, 5.41) is 8.92. The number of benzene rings is 2. The molecule has 30 heavy (non-hydrogen) atoms. The number of carbonyl (C=O) groups is 2. The lowest BCUT2D eigenvalue weighted by atomic mass is 10.1. The SMILES string of the molecule is Cc1cc(C)cc(N(CCC#N)C(=O)COC(=O)COc2ccc3c(c2)CCC3)c1. The second-order valence-corrected chi connectivity index (χ2v) is 7.53. The molecule has 1 aliphatic carbocycles. The van der Waals surface area contributed by atoms with Gasteiger partial charge in [-0.3, -0.25) is 4.79 Å². The van der Waals surface area contributed by atoms with Crippen LogP contribution in [-0.4, -0.2) is 31.6 Å². The van der Waals surface area contributed by atoms with E-state index in [9.17, 15) is 9.59 Å². The van der Waals surface area contributed by atoms with E-state index < -0.39 is 12.6 Å².